The second-order valence-corrected chi connectivity index (χ2v) is 7.89. The van der Waals surface area contributed by atoms with Gasteiger partial charge in [-0.2, -0.15) is 0 Å². The molecule has 0 saturated carbocycles. The van der Waals surface area contributed by atoms with Gasteiger partial charge in [0.05, 0.1) is 26.9 Å². The number of anilines is 2. The topological polar surface area (TPSA) is 129 Å². The molecule has 0 bridgehead atoms. The van der Waals surface area contributed by atoms with Crippen molar-refractivity contribution in [3.63, 3.8) is 0 Å². The minimum atomic E-state index is -0.514. The van der Waals surface area contributed by atoms with Crippen LogP contribution in [0.25, 0.3) is 0 Å². The molecule has 1 aliphatic rings. The van der Waals surface area contributed by atoms with Crippen LogP contribution in [0.15, 0.2) is 36.5 Å². The lowest BCUT2D eigenvalue weighted by Gasteiger charge is -2.27. The predicted octanol–water partition coefficient (Wildman–Crippen LogP) is 3.05. The SMILES string of the molecule is Cc1[nH]nc(Nc2cc(CN3CCNCC3)ncc2C(=O)c2ccccc2Cl)c1[N+](=O)[O-]. The van der Waals surface area contributed by atoms with Crippen LogP contribution in [0.1, 0.15) is 27.3 Å². The highest BCUT2D eigenvalue weighted by Crippen LogP contribution is 2.31. The van der Waals surface area contributed by atoms with Crippen molar-refractivity contribution < 1.29 is 9.72 Å². The number of carbonyl (C=O) groups excluding carboxylic acids is 1. The van der Waals surface area contributed by atoms with Crippen molar-refractivity contribution in [1.82, 2.24) is 25.4 Å². The molecule has 1 aromatic carbocycles. The van der Waals surface area contributed by atoms with Crippen LogP contribution >= 0.6 is 11.6 Å². The number of piperazine rings is 1. The number of rotatable bonds is 7. The Morgan fingerprint density at radius 2 is 2.03 bits per heavy atom. The number of nitro groups is 1. The summed E-state index contributed by atoms with van der Waals surface area (Å²) in [6.07, 6.45) is 1.48. The summed E-state index contributed by atoms with van der Waals surface area (Å²) in [6, 6.07) is 8.46. The van der Waals surface area contributed by atoms with Gasteiger partial charge in [0.1, 0.15) is 5.69 Å². The number of aromatic nitrogens is 3. The molecule has 10 nitrogen and oxygen atoms in total. The maximum Gasteiger partial charge on any atom is 0.333 e. The summed E-state index contributed by atoms with van der Waals surface area (Å²) in [5, 5.41) is 24.7. The third kappa shape index (κ3) is 4.62. The molecule has 0 unspecified atom stereocenters. The Morgan fingerprint density at radius 1 is 1.28 bits per heavy atom. The first kappa shape index (κ1) is 21.9. The standard InChI is InChI=1S/C21H22ClN7O3/c1-13-19(29(31)32)21(27-26-13)25-18-10-14(12-28-8-6-23-7-9-28)24-11-16(18)20(30)15-4-2-3-5-17(15)22/h2-5,10-11,23H,6-9,12H2,1H3,(H2,24,25,26,27). The van der Waals surface area contributed by atoms with Crippen molar-refractivity contribution in [3.05, 3.63) is 74.2 Å². The maximum atomic E-state index is 13.3. The largest absolute Gasteiger partial charge is 0.333 e. The fourth-order valence-electron chi connectivity index (χ4n) is 3.62. The molecule has 0 atom stereocenters. The van der Waals surface area contributed by atoms with Gasteiger partial charge in [0.15, 0.2) is 5.78 Å². The number of ketones is 1. The van der Waals surface area contributed by atoms with Crippen molar-refractivity contribution in [2.75, 3.05) is 31.5 Å². The number of halogens is 1. The lowest BCUT2D eigenvalue weighted by molar-refractivity contribution is -0.384. The summed E-state index contributed by atoms with van der Waals surface area (Å²) in [6.45, 7) is 5.72. The number of hydrogen-bond donors (Lipinski definition) is 3. The molecular formula is C21H22ClN7O3. The van der Waals surface area contributed by atoms with Crippen LogP contribution in [0.5, 0.6) is 0 Å². The Hall–Kier alpha value is -3.34. The van der Waals surface area contributed by atoms with E-state index in [2.05, 4.69) is 30.7 Å². The second kappa shape index (κ2) is 9.43. The van der Waals surface area contributed by atoms with Crippen molar-refractivity contribution >= 4 is 34.6 Å². The number of nitrogens with zero attached hydrogens (tertiary/aromatic N) is 4. The number of hydrogen-bond acceptors (Lipinski definition) is 8. The molecule has 0 aliphatic carbocycles. The molecule has 32 heavy (non-hydrogen) atoms. The van der Waals surface area contributed by atoms with Gasteiger partial charge in [0.2, 0.25) is 5.82 Å². The van der Waals surface area contributed by atoms with Crippen LogP contribution < -0.4 is 10.6 Å². The van der Waals surface area contributed by atoms with E-state index in [1.807, 2.05) is 0 Å². The van der Waals surface area contributed by atoms with Gasteiger partial charge in [0.25, 0.3) is 0 Å². The Labute approximate surface area is 189 Å². The summed E-state index contributed by atoms with van der Waals surface area (Å²) in [4.78, 5) is 31.0. The van der Waals surface area contributed by atoms with Crippen molar-refractivity contribution in [2.24, 2.45) is 0 Å². The lowest BCUT2D eigenvalue weighted by atomic mass is 10.0. The third-order valence-electron chi connectivity index (χ3n) is 5.27. The van der Waals surface area contributed by atoms with Crippen LogP contribution in [0.3, 0.4) is 0 Å². The van der Waals surface area contributed by atoms with Gasteiger partial charge in [-0.25, -0.2) is 0 Å². The van der Waals surface area contributed by atoms with Crippen LogP contribution in [0.2, 0.25) is 5.02 Å². The van der Waals surface area contributed by atoms with E-state index in [1.54, 1.807) is 37.3 Å². The van der Waals surface area contributed by atoms with E-state index in [1.165, 1.54) is 6.20 Å². The first-order valence-electron chi connectivity index (χ1n) is 10.1. The normalized spacial score (nSPS) is 14.3. The molecule has 4 rings (SSSR count). The van der Waals surface area contributed by atoms with Gasteiger partial charge < -0.3 is 10.6 Å². The Morgan fingerprint density at radius 3 is 2.75 bits per heavy atom. The molecule has 1 aliphatic heterocycles. The molecule has 2 aromatic heterocycles. The smallest absolute Gasteiger partial charge is 0.332 e. The number of pyridine rings is 1. The fourth-order valence-corrected chi connectivity index (χ4v) is 3.84. The van der Waals surface area contributed by atoms with E-state index in [0.29, 0.717) is 28.5 Å². The van der Waals surface area contributed by atoms with Crippen molar-refractivity contribution in [3.8, 4) is 0 Å². The minimum Gasteiger partial charge on any atom is -0.332 e. The number of nitrogens with one attached hydrogen (secondary N) is 3. The van der Waals surface area contributed by atoms with Crippen LogP contribution in [-0.4, -0.2) is 57.0 Å². The first-order chi connectivity index (χ1) is 15.4. The molecular weight excluding hydrogens is 434 g/mol. The third-order valence-corrected chi connectivity index (χ3v) is 5.60. The van der Waals surface area contributed by atoms with Gasteiger partial charge >= 0.3 is 5.69 Å². The summed E-state index contributed by atoms with van der Waals surface area (Å²) < 4.78 is 0. The summed E-state index contributed by atoms with van der Waals surface area (Å²) in [7, 11) is 0. The van der Waals surface area contributed by atoms with E-state index >= 15 is 0 Å². The highest BCUT2D eigenvalue weighted by Gasteiger charge is 2.25. The number of H-pyrrole nitrogens is 1. The van der Waals surface area contributed by atoms with Crippen LogP contribution in [-0.2, 0) is 6.54 Å². The Bertz CT molecular complexity index is 1160. The summed E-state index contributed by atoms with van der Waals surface area (Å²) in [5.74, 6) is -0.311. The molecule has 3 N–H and O–H groups in total. The zero-order valence-corrected chi connectivity index (χ0v) is 18.1. The average molecular weight is 456 g/mol. The second-order valence-electron chi connectivity index (χ2n) is 7.48. The van der Waals surface area contributed by atoms with Crippen LogP contribution in [0.4, 0.5) is 17.2 Å². The van der Waals surface area contributed by atoms with E-state index in [0.717, 1.165) is 31.9 Å². The van der Waals surface area contributed by atoms with Gasteiger partial charge in [-0.3, -0.25) is 29.9 Å². The lowest BCUT2D eigenvalue weighted by Crippen LogP contribution is -2.43. The average Bonchev–Trinajstić information content (AvgIpc) is 3.15. The molecule has 0 radical (unpaired) electrons. The quantitative estimate of drug-likeness (QED) is 0.281. The molecule has 166 valence electrons. The summed E-state index contributed by atoms with van der Waals surface area (Å²) >= 11 is 6.23. The molecule has 3 aromatic rings. The highest BCUT2D eigenvalue weighted by atomic mass is 35.5. The number of aromatic amines is 1. The van der Waals surface area contributed by atoms with Gasteiger partial charge in [-0.05, 0) is 25.1 Å². The monoisotopic (exact) mass is 455 g/mol. The summed E-state index contributed by atoms with van der Waals surface area (Å²) in [5.41, 5.74) is 1.82. The van der Waals surface area contributed by atoms with Crippen molar-refractivity contribution in [1.29, 1.82) is 0 Å². The molecule has 0 amide bonds. The first-order valence-corrected chi connectivity index (χ1v) is 10.5. The minimum absolute atomic E-state index is 0.0278. The predicted molar refractivity (Wildman–Crippen MR) is 121 cm³/mol. The van der Waals surface area contributed by atoms with E-state index in [-0.39, 0.29) is 22.9 Å². The van der Waals surface area contributed by atoms with Gasteiger partial charge in [-0.1, -0.05) is 23.7 Å². The van der Waals surface area contributed by atoms with E-state index in [9.17, 15) is 14.9 Å². The maximum absolute atomic E-state index is 13.3. The van der Waals surface area contributed by atoms with Gasteiger partial charge in [0, 0.05) is 44.5 Å². The number of carbonyl (C=O) groups is 1. The molecule has 11 heteroatoms. The number of benzene rings is 1. The Balaban J connectivity index is 1.73. The van der Waals surface area contributed by atoms with Crippen molar-refractivity contribution in [2.45, 2.75) is 13.5 Å². The highest BCUT2D eigenvalue weighted by molar-refractivity contribution is 6.35. The zero-order chi connectivity index (χ0) is 22.7. The molecule has 1 saturated heterocycles. The van der Waals surface area contributed by atoms with E-state index in [4.69, 9.17) is 11.6 Å². The number of aryl methyl sites for hydroxylation is 1. The molecule has 3 heterocycles. The Kier molecular flexibility index (Phi) is 6.45. The fraction of sp³-hybridized carbons (Fsp3) is 0.286. The molecule has 1 fully saturated rings. The zero-order valence-electron chi connectivity index (χ0n) is 17.4. The van der Waals surface area contributed by atoms with Gasteiger partial charge in [-0.15, -0.1) is 5.10 Å². The van der Waals surface area contributed by atoms with E-state index < -0.39 is 4.92 Å². The molecule has 0 spiro atoms. The van der Waals surface area contributed by atoms with Crippen LogP contribution in [0, 0.1) is 17.0 Å².